The molecule has 1 aromatic carbocycles. The summed E-state index contributed by atoms with van der Waals surface area (Å²) in [6, 6.07) is 3.42. The maximum absolute atomic E-state index is 12.5. The van der Waals surface area contributed by atoms with Crippen molar-refractivity contribution < 1.29 is 28.5 Å². The molecule has 1 saturated heterocycles. The maximum Gasteiger partial charge on any atom is 0.338 e. The molecule has 3 rings (SSSR count). The number of esters is 1. The molecule has 1 amide bonds. The van der Waals surface area contributed by atoms with Crippen molar-refractivity contribution in [3.8, 4) is 17.2 Å². The summed E-state index contributed by atoms with van der Waals surface area (Å²) in [4.78, 5) is 26.7. The molecule has 26 heavy (non-hydrogen) atoms. The van der Waals surface area contributed by atoms with Crippen molar-refractivity contribution in [2.75, 3.05) is 26.9 Å². The molecule has 2 aliphatic heterocycles. The van der Waals surface area contributed by atoms with E-state index < -0.39 is 5.97 Å². The number of hydrogen-bond acceptors (Lipinski definition) is 6. The molecular formula is C19H25NO6. The van der Waals surface area contributed by atoms with E-state index in [1.54, 1.807) is 6.07 Å². The van der Waals surface area contributed by atoms with Crippen molar-refractivity contribution >= 4 is 11.9 Å². The topological polar surface area (TPSA) is 74.3 Å². The molecular weight excluding hydrogens is 338 g/mol. The van der Waals surface area contributed by atoms with Crippen LogP contribution in [-0.2, 0) is 9.53 Å². The van der Waals surface area contributed by atoms with Gasteiger partial charge in [-0.3, -0.25) is 4.79 Å². The smallest absolute Gasteiger partial charge is 0.338 e. The fourth-order valence-corrected chi connectivity index (χ4v) is 3.59. The van der Waals surface area contributed by atoms with Gasteiger partial charge in [0, 0.05) is 12.1 Å². The van der Waals surface area contributed by atoms with E-state index in [-0.39, 0.29) is 30.2 Å². The summed E-state index contributed by atoms with van der Waals surface area (Å²) in [5.41, 5.74) is 0.263. The highest BCUT2D eigenvalue weighted by Gasteiger charge is 2.30. The number of methoxy groups -OCH3 is 1. The lowest BCUT2D eigenvalue weighted by Gasteiger charge is -2.38. The van der Waals surface area contributed by atoms with E-state index in [0.717, 1.165) is 19.3 Å². The molecule has 0 saturated carbocycles. The summed E-state index contributed by atoms with van der Waals surface area (Å²) in [5.74, 6) is 0.557. The Morgan fingerprint density at radius 3 is 2.54 bits per heavy atom. The summed E-state index contributed by atoms with van der Waals surface area (Å²) >= 11 is 0. The Kier molecular flexibility index (Phi) is 5.54. The maximum atomic E-state index is 12.5. The van der Waals surface area contributed by atoms with Crippen LogP contribution in [0.5, 0.6) is 17.2 Å². The predicted molar refractivity (Wildman–Crippen MR) is 93.9 cm³/mol. The van der Waals surface area contributed by atoms with Crippen molar-refractivity contribution in [3.05, 3.63) is 17.7 Å². The lowest BCUT2D eigenvalue weighted by Crippen LogP contribution is -2.49. The van der Waals surface area contributed by atoms with E-state index in [2.05, 4.69) is 0 Å². The van der Waals surface area contributed by atoms with Crippen molar-refractivity contribution in [2.45, 2.75) is 45.2 Å². The minimum absolute atomic E-state index is 0.164. The van der Waals surface area contributed by atoms with Gasteiger partial charge in [-0.15, -0.1) is 0 Å². The van der Waals surface area contributed by atoms with E-state index in [4.69, 9.17) is 18.9 Å². The molecule has 0 bridgehead atoms. The Morgan fingerprint density at radius 2 is 1.85 bits per heavy atom. The number of amides is 1. The zero-order chi connectivity index (χ0) is 18.7. The molecule has 7 nitrogen and oxygen atoms in total. The molecule has 1 aromatic rings. The first-order valence-electron chi connectivity index (χ1n) is 8.97. The van der Waals surface area contributed by atoms with Crippen LogP contribution in [0.2, 0.25) is 0 Å². The van der Waals surface area contributed by atoms with Crippen LogP contribution in [0.15, 0.2) is 12.1 Å². The van der Waals surface area contributed by atoms with Crippen LogP contribution in [0.25, 0.3) is 0 Å². The second kappa shape index (κ2) is 7.85. The molecule has 0 spiro atoms. The monoisotopic (exact) mass is 363 g/mol. The highest BCUT2D eigenvalue weighted by Crippen LogP contribution is 2.40. The van der Waals surface area contributed by atoms with Gasteiger partial charge in [0.2, 0.25) is 5.75 Å². The second-order valence-electron chi connectivity index (χ2n) is 6.71. The summed E-state index contributed by atoms with van der Waals surface area (Å²) < 4.78 is 21.5. The van der Waals surface area contributed by atoms with Crippen molar-refractivity contribution in [1.29, 1.82) is 0 Å². The predicted octanol–water partition coefficient (Wildman–Crippen LogP) is 2.41. The quantitative estimate of drug-likeness (QED) is 0.765. The SMILES string of the molecule is COc1cc(C(=O)OCC(=O)N2[C@H](C)CCC[C@@H]2C)cc2c1OCCO2. The first-order valence-corrected chi connectivity index (χ1v) is 8.97. The molecule has 142 valence electrons. The molecule has 2 aliphatic rings. The third-order valence-corrected chi connectivity index (χ3v) is 4.87. The van der Waals surface area contributed by atoms with Gasteiger partial charge in [-0.2, -0.15) is 0 Å². The van der Waals surface area contributed by atoms with E-state index in [1.165, 1.54) is 13.2 Å². The van der Waals surface area contributed by atoms with Gasteiger partial charge in [0.15, 0.2) is 18.1 Å². The molecule has 0 aliphatic carbocycles. The number of carbonyl (C=O) groups excluding carboxylic acids is 2. The van der Waals surface area contributed by atoms with Crippen LogP contribution in [0.4, 0.5) is 0 Å². The number of carbonyl (C=O) groups is 2. The molecule has 0 radical (unpaired) electrons. The zero-order valence-corrected chi connectivity index (χ0v) is 15.4. The normalized spacial score (nSPS) is 21.9. The molecule has 0 aromatic heterocycles. The van der Waals surface area contributed by atoms with Gasteiger partial charge < -0.3 is 23.8 Å². The minimum atomic E-state index is -0.592. The van der Waals surface area contributed by atoms with Crippen molar-refractivity contribution in [3.63, 3.8) is 0 Å². The van der Waals surface area contributed by atoms with E-state index in [0.29, 0.717) is 30.5 Å². The van der Waals surface area contributed by atoms with Gasteiger partial charge in [0.25, 0.3) is 5.91 Å². The third kappa shape index (κ3) is 3.71. The Labute approximate surface area is 153 Å². The number of rotatable bonds is 4. The van der Waals surface area contributed by atoms with Crippen LogP contribution in [0, 0.1) is 0 Å². The van der Waals surface area contributed by atoms with Gasteiger partial charge in [0.05, 0.1) is 12.7 Å². The van der Waals surface area contributed by atoms with E-state index >= 15 is 0 Å². The Hall–Kier alpha value is -2.44. The largest absolute Gasteiger partial charge is 0.493 e. The number of benzene rings is 1. The summed E-state index contributed by atoms with van der Waals surface area (Å²) in [6.07, 6.45) is 3.07. The average Bonchev–Trinajstić information content (AvgIpc) is 2.65. The number of nitrogens with zero attached hydrogens (tertiary/aromatic N) is 1. The van der Waals surface area contributed by atoms with E-state index in [1.807, 2.05) is 18.7 Å². The van der Waals surface area contributed by atoms with Crippen LogP contribution in [0.1, 0.15) is 43.5 Å². The Bertz CT molecular complexity index is 662. The molecule has 0 N–H and O–H groups in total. The highest BCUT2D eigenvalue weighted by atomic mass is 16.6. The fraction of sp³-hybridized carbons (Fsp3) is 0.579. The number of fused-ring (bicyclic) bond motifs is 1. The summed E-state index contributed by atoms with van der Waals surface area (Å²) in [7, 11) is 1.49. The fourth-order valence-electron chi connectivity index (χ4n) is 3.59. The summed E-state index contributed by atoms with van der Waals surface area (Å²) in [6.45, 7) is 4.61. The number of likely N-dealkylation sites (tertiary alicyclic amines) is 1. The molecule has 0 unspecified atom stereocenters. The minimum Gasteiger partial charge on any atom is -0.493 e. The zero-order valence-electron chi connectivity index (χ0n) is 15.4. The van der Waals surface area contributed by atoms with Gasteiger partial charge in [-0.25, -0.2) is 4.79 Å². The molecule has 7 heteroatoms. The number of hydrogen-bond donors (Lipinski definition) is 0. The third-order valence-electron chi connectivity index (χ3n) is 4.87. The molecule has 2 atom stereocenters. The summed E-state index contributed by atoms with van der Waals surface area (Å²) in [5, 5.41) is 0. The highest BCUT2D eigenvalue weighted by molar-refractivity contribution is 5.93. The van der Waals surface area contributed by atoms with Gasteiger partial charge in [0.1, 0.15) is 13.2 Å². The Morgan fingerprint density at radius 1 is 1.15 bits per heavy atom. The number of ether oxygens (including phenoxy) is 4. The van der Waals surface area contributed by atoms with Gasteiger partial charge in [-0.1, -0.05) is 0 Å². The first-order chi connectivity index (χ1) is 12.5. The molecule has 1 fully saturated rings. The lowest BCUT2D eigenvalue weighted by molar-refractivity contribution is -0.140. The average molecular weight is 363 g/mol. The van der Waals surface area contributed by atoms with E-state index in [9.17, 15) is 9.59 Å². The second-order valence-corrected chi connectivity index (χ2v) is 6.71. The Balaban J connectivity index is 1.67. The van der Waals surface area contributed by atoms with Crippen LogP contribution < -0.4 is 14.2 Å². The van der Waals surface area contributed by atoms with Crippen LogP contribution in [-0.4, -0.2) is 55.8 Å². The van der Waals surface area contributed by atoms with Crippen molar-refractivity contribution in [2.24, 2.45) is 0 Å². The van der Waals surface area contributed by atoms with Crippen molar-refractivity contribution in [1.82, 2.24) is 4.90 Å². The van der Waals surface area contributed by atoms with Crippen LogP contribution >= 0.6 is 0 Å². The number of piperidine rings is 1. The van der Waals surface area contributed by atoms with Crippen LogP contribution in [0.3, 0.4) is 0 Å². The van der Waals surface area contributed by atoms with Gasteiger partial charge in [-0.05, 0) is 45.2 Å². The first kappa shape index (κ1) is 18.4. The standard InChI is InChI=1S/C19H25NO6/c1-12-5-4-6-13(2)20(12)17(21)11-26-19(22)14-9-15(23-3)18-16(10-14)24-7-8-25-18/h9-10,12-13H,4-8,11H2,1-3H3/t12-,13+. The van der Waals surface area contributed by atoms with Gasteiger partial charge >= 0.3 is 5.97 Å². The molecule has 2 heterocycles. The lowest BCUT2D eigenvalue weighted by atomic mass is 9.97.